The highest BCUT2D eigenvalue weighted by atomic mass is 32.1. The number of hydrogen-bond acceptors (Lipinski definition) is 7. The first kappa shape index (κ1) is 20.0. The van der Waals surface area contributed by atoms with Crippen molar-refractivity contribution < 1.29 is 18.8 Å². The lowest BCUT2D eigenvalue weighted by molar-refractivity contribution is 0.207. The van der Waals surface area contributed by atoms with E-state index in [0.717, 1.165) is 21.7 Å². The van der Waals surface area contributed by atoms with Crippen molar-refractivity contribution >= 4 is 22.9 Å². The average molecular weight is 426 g/mol. The van der Waals surface area contributed by atoms with E-state index in [1.807, 2.05) is 49.6 Å². The van der Waals surface area contributed by atoms with E-state index in [1.165, 1.54) is 11.3 Å². The Morgan fingerprint density at radius 1 is 1.23 bits per heavy atom. The van der Waals surface area contributed by atoms with E-state index in [0.29, 0.717) is 29.8 Å². The lowest BCUT2D eigenvalue weighted by Crippen LogP contribution is -2.45. The first-order valence-electron chi connectivity index (χ1n) is 9.46. The van der Waals surface area contributed by atoms with Gasteiger partial charge >= 0.3 is 6.03 Å². The zero-order valence-corrected chi connectivity index (χ0v) is 17.9. The molecule has 0 fully saturated rings. The molecule has 30 heavy (non-hydrogen) atoms. The summed E-state index contributed by atoms with van der Waals surface area (Å²) < 4.78 is 16.4. The average Bonchev–Trinajstić information content (AvgIpc) is 3.45. The highest BCUT2D eigenvalue weighted by molar-refractivity contribution is 7.13. The first-order valence-corrected chi connectivity index (χ1v) is 10.3. The second kappa shape index (κ2) is 8.19. The van der Waals surface area contributed by atoms with E-state index in [1.54, 1.807) is 19.1 Å². The van der Waals surface area contributed by atoms with E-state index in [2.05, 4.69) is 15.5 Å². The fourth-order valence-electron chi connectivity index (χ4n) is 3.56. The number of allylic oxidation sites excluding steroid dienone is 1. The van der Waals surface area contributed by atoms with E-state index in [4.69, 9.17) is 14.0 Å². The number of aromatic nitrogens is 2. The molecule has 2 amide bonds. The summed E-state index contributed by atoms with van der Waals surface area (Å²) in [6.07, 6.45) is 0. The minimum Gasteiger partial charge on any atom is -0.493 e. The van der Waals surface area contributed by atoms with Gasteiger partial charge in [0.2, 0.25) is 5.82 Å². The van der Waals surface area contributed by atoms with Gasteiger partial charge in [-0.1, -0.05) is 17.3 Å². The second-order valence-electron chi connectivity index (χ2n) is 6.64. The van der Waals surface area contributed by atoms with Crippen molar-refractivity contribution in [1.29, 1.82) is 0 Å². The van der Waals surface area contributed by atoms with E-state index >= 15 is 0 Å². The van der Waals surface area contributed by atoms with Crippen molar-refractivity contribution in [3.05, 3.63) is 52.9 Å². The summed E-state index contributed by atoms with van der Waals surface area (Å²) in [5, 5.41) is 9.15. The van der Waals surface area contributed by atoms with Crippen LogP contribution in [0.5, 0.6) is 11.5 Å². The van der Waals surface area contributed by atoms with Crippen LogP contribution in [0.1, 0.15) is 31.3 Å². The fraction of sp³-hybridized carbons (Fsp3) is 0.286. The van der Waals surface area contributed by atoms with Crippen molar-refractivity contribution in [3.8, 4) is 22.2 Å². The van der Waals surface area contributed by atoms with Gasteiger partial charge in [0, 0.05) is 12.2 Å². The number of carbonyl (C=O) groups is 1. The largest absolute Gasteiger partial charge is 0.493 e. The SMILES string of the molecule is CCN1C(=O)NC(c2ccc(OC)c(OC)c2)C(c2nc(-c3cccs3)no2)=C1C. The minimum absolute atomic E-state index is 0.184. The summed E-state index contributed by atoms with van der Waals surface area (Å²) >= 11 is 1.54. The van der Waals surface area contributed by atoms with Crippen LogP contribution < -0.4 is 14.8 Å². The summed E-state index contributed by atoms with van der Waals surface area (Å²) in [5.74, 6) is 2.07. The van der Waals surface area contributed by atoms with E-state index in [9.17, 15) is 4.79 Å². The third-order valence-electron chi connectivity index (χ3n) is 5.05. The number of carbonyl (C=O) groups excluding carboxylic acids is 1. The second-order valence-corrected chi connectivity index (χ2v) is 7.59. The number of ether oxygens (including phenoxy) is 2. The van der Waals surface area contributed by atoms with Gasteiger partial charge in [-0.3, -0.25) is 4.90 Å². The maximum Gasteiger partial charge on any atom is 0.322 e. The molecule has 156 valence electrons. The highest BCUT2D eigenvalue weighted by Gasteiger charge is 2.35. The van der Waals surface area contributed by atoms with Crippen molar-refractivity contribution in [2.45, 2.75) is 19.9 Å². The molecule has 0 bridgehead atoms. The maximum atomic E-state index is 12.7. The van der Waals surface area contributed by atoms with Crippen LogP contribution in [0.15, 0.2) is 45.9 Å². The van der Waals surface area contributed by atoms with Crippen LogP contribution in [0.3, 0.4) is 0 Å². The smallest absolute Gasteiger partial charge is 0.322 e. The minimum atomic E-state index is -0.475. The zero-order chi connectivity index (χ0) is 21.3. The van der Waals surface area contributed by atoms with Gasteiger partial charge in [-0.05, 0) is 43.0 Å². The number of amides is 2. The topological polar surface area (TPSA) is 89.7 Å². The highest BCUT2D eigenvalue weighted by Crippen LogP contribution is 2.40. The molecule has 1 unspecified atom stereocenters. The van der Waals surface area contributed by atoms with Crippen LogP contribution in [0.2, 0.25) is 0 Å². The van der Waals surface area contributed by atoms with Crippen LogP contribution in [0.4, 0.5) is 4.79 Å². The van der Waals surface area contributed by atoms with Crippen molar-refractivity contribution in [2.24, 2.45) is 0 Å². The van der Waals surface area contributed by atoms with E-state index in [-0.39, 0.29) is 6.03 Å². The fourth-order valence-corrected chi connectivity index (χ4v) is 4.21. The monoisotopic (exact) mass is 426 g/mol. The Hall–Kier alpha value is -3.33. The molecule has 0 radical (unpaired) electrons. The Morgan fingerprint density at radius 2 is 2.03 bits per heavy atom. The molecule has 1 N–H and O–H groups in total. The number of nitrogens with zero attached hydrogens (tertiary/aromatic N) is 3. The van der Waals surface area contributed by atoms with Gasteiger partial charge in [-0.15, -0.1) is 11.3 Å². The third kappa shape index (κ3) is 3.41. The summed E-state index contributed by atoms with van der Waals surface area (Å²) in [6.45, 7) is 4.33. The molecular weight excluding hydrogens is 404 g/mol. The molecule has 0 aliphatic carbocycles. The van der Waals surface area contributed by atoms with Crippen LogP contribution in [0, 0.1) is 0 Å². The molecule has 0 spiro atoms. The van der Waals surface area contributed by atoms with Gasteiger partial charge in [0.05, 0.1) is 30.7 Å². The number of nitrogens with one attached hydrogen (secondary N) is 1. The standard InChI is InChI=1S/C21H22N4O4S/c1-5-25-12(2)17(20-23-19(24-29-20)16-7-6-10-30-16)18(22-21(25)26)13-8-9-14(27-3)15(11-13)28-4/h6-11,18H,5H2,1-4H3,(H,22,26). The molecule has 0 saturated carbocycles. The van der Waals surface area contributed by atoms with Gasteiger partial charge in [0.1, 0.15) is 0 Å². The summed E-state index contributed by atoms with van der Waals surface area (Å²) in [7, 11) is 3.16. The molecule has 1 aromatic carbocycles. The molecule has 8 nitrogen and oxygen atoms in total. The van der Waals surface area contributed by atoms with Crippen LogP contribution in [-0.4, -0.2) is 41.8 Å². The van der Waals surface area contributed by atoms with Gasteiger partial charge in [0.25, 0.3) is 5.89 Å². The van der Waals surface area contributed by atoms with Crippen LogP contribution in [0.25, 0.3) is 16.3 Å². The summed E-state index contributed by atoms with van der Waals surface area (Å²) in [4.78, 5) is 19.9. The molecule has 1 aliphatic rings. The predicted octanol–water partition coefficient (Wildman–Crippen LogP) is 4.33. The van der Waals surface area contributed by atoms with Crippen LogP contribution in [-0.2, 0) is 0 Å². The molecular formula is C21H22N4O4S. The lowest BCUT2D eigenvalue weighted by Gasteiger charge is -2.34. The molecule has 3 aromatic rings. The first-order chi connectivity index (χ1) is 14.6. The maximum absolute atomic E-state index is 12.7. The Kier molecular flexibility index (Phi) is 5.45. The summed E-state index contributed by atoms with van der Waals surface area (Å²) in [5.41, 5.74) is 2.34. The normalized spacial score (nSPS) is 16.6. The van der Waals surface area contributed by atoms with Crippen molar-refractivity contribution in [1.82, 2.24) is 20.4 Å². The van der Waals surface area contributed by atoms with Crippen LogP contribution >= 0.6 is 11.3 Å². The molecule has 9 heteroatoms. The van der Waals surface area contributed by atoms with Crippen molar-refractivity contribution in [3.63, 3.8) is 0 Å². The molecule has 4 rings (SSSR count). The van der Waals surface area contributed by atoms with Gasteiger partial charge < -0.3 is 19.3 Å². The molecule has 3 heterocycles. The third-order valence-corrected chi connectivity index (χ3v) is 5.92. The van der Waals surface area contributed by atoms with Crippen molar-refractivity contribution in [2.75, 3.05) is 20.8 Å². The van der Waals surface area contributed by atoms with Gasteiger partial charge in [-0.2, -0.15) is 4.98 Å². The quantitative estimate of drug-likeness (QED) is 0.631. The molecule has 0 saturated heterocycles. The molecule has 1 aliphatic heterocycles. The number of thiophene rings is 1. The molecule has 2 aromatic heterocycles. The lowest BCUT2D eigenvalue weighted by atomic mass is 9.94. The number of rotatable bonds is 6. The predicted molar refractivity (Wildman–Crippen MR) is 113 cm³/mol. The number of benzene rings is 1. The summed E-state index contributed by atoms with van der Waals surface area (Å²) in [6, 6.07) is 8.75. The Morgan fingerprint density at radius 3 is 2.70 bits per heavy atom. The Labute approximate surface area is 178 Å². The Bertz CT molecular complexity index is 1090. The number of urea groups is 1. The zero-order valence-electron chi connectivity index (χ0n) is 17.1. The number of hydrogen-bond donors (Lipinski definition) is 1. The Balaban J connectivity index is 1.83. The molecule has 1 atom stereocenters. The van der Waals surface area contributed by atoms with Gasteiger partial charge in [0.15, 0.2) is 11.5 Å². The van der Waals surface area contributed by atoms with E-state index < -0.39 is 6.04 Å². The van der Waals surface area contributed by atoms with Gasteiger partial charge in [-0.25, -0.2) is 4.79 Å². The number of methoxy groups -OCH3 is 2.